The molecule has 0 aliphatic carbocycles. The molecule has 0 aromatic carbocycles. The third kappa shape index (κ3) is 4.45. The molecule has 1 saturated heterocycles. The lowest BCUT2D eigenvalue weighted by molar-refractivity contribution is 0.0952. The average molecular weight is 281 g/mol. The number of nitrogens with one attached hydrogen (secondary N) is 2. The molecule has 20 heavy (non-hydrogen) atoms. The lowest BCUT2D eigenvalue weighted by atomic mass is 10.2. The lowest BCUT2D eigenvalue weighted by Crippen LogP contribution is -2.44. The zero-order valence-electron chi connectivity index (χ0n) is 12.2. The van der Waals surface area contributed by atoms with E-state index in [4.69, 9.17) is 0 Å². The highest BCUT2D eigenvalue weighted by Gasteiger charge is 2.15. The number of hydrogen-bond donors (Lipinski definition) is 2. The number of hydrogen-bond acceptors (Lipinski definition) is 5. The summed E-state index contributed by atoms with van der Waals surface area (Å²) in [6.07, 6.45) is 1.73. The minimum atomic E-state index is -0.250. The predicted octanol–water partition coefficient (Wildman–Crippen LogP) is 1.22. The third-order valence-corrected chi connectivity index (χ3v) is 2.84. The summed E-state index contributed by atoms with van der Waals surface area (Å²) >= 11 is 0. The smallest absolute Gasteiger partial charge is 0.288 e. The molecule has 1 aliphatic heterocycles. The van der Waals surface area contributed by atoms with E-state index in [2.05, 4.69) is 25.5 Å². The molecule has 0 bridgehead atoms. The zero-order chi connectivity index (χ0) is 14.3. The fourth-order valence-corrected chi connectivity index (χ4v) is 1.90. The van der Waals surface area contributed by atoms with E-state index < -0.39 is 0 Å². The van der Waals surface area contributed by atoms with Crippen molar-refractivity contribution in [3.8, 4) is 0 Å². The molecule has 2 rings (SSSR count). The van der Waals surface area contributed by atoms with E-state index in [1.165, 1.54) is 0 Å². The molecular weight excluding hydrogens is 254 g/mol. The number of rotatable bonds is 2. The minimum Gasteiger partial charge on any atom is -0.366 e. The molecule has 1 aromatic heterocycles. The number of piperazine rings is 1. The standard InChI is InChI=1S/C11H17N5O.C2H6.CH4/c1-8-9(16-5-3-13-4-6-16)7-14-10(15-8)11(17)12-2;1-2;/h7,13H,3-6H2,1-2H3,(H,12,17);1-2H3;1H4. The summed E-state index contributed by atoms with van der Waals surface area (Å²) in [5.74, 6) is -0.0242. The summed E-state index contributed by atoms with van der Waals surface area (Å²) in [7, 11) is 1.57. The van der Waals surface area contributed by atoms with E-state index in [0.29, 0.717) is 0 Å². The van der Waals surface area contributed by atoms with Crippen molar-refractivity contribution in [1.29, 1.82) is 0 Å². The topological polar surface area (TPSA) is 70.2 Å². The maximum Gasteiger partial charge on any atom is 0.288 e. The van der Waals surface area contributed by atoms with Gasteiger partial charge >= 0.3 is 0 Å². The Morgan fingerprint density at radius 3 is 2.45 bits per heavy atom. The summed E-state index contributed by atoms with van der Waals surface area (Å²) in [6.45, 7) is 9.74. The van der Waals surface area contributed by atoms with Gasteiger partial charge < -0.3 is 15.5 Å². The summed E-state index contributed by atoms with van der Waals surface area (Å²) in [6, 6.07) is 0. The van der Waals surface area contributed by atoms with E-state index in [-0.39, 0.29) is 19.2 Å². The molecule has 0 spiro atoms. The Morgan fingerprint density at radius 1 is 1.35 bits per heavy atom. The Morgan fingerprint density at radius 2 is 1.95 bits per heavy atom. The van der Waals surface area contributed by atoms with Crippen LogP contribution in [0.15, 0.2) is 6.20 Å². The number of nitrogens with zero attached hydrogens (tertiary/aromatic N) is 3. The van der Waals surface area contributed by atoms with Crippen LogP contribution < -0.4 is 15.5 Å². The quantitative estimate of drug-likeness (QED) is 0.853. The van der Waals surface area contributed by atoms with Gasteiger partial charge in [0.15, 0.2) is 0 Å². The fraction of sp³-hybridized carbons (Fsp3) is 0.643. The molecule has 1 aromatic rings. The van der Waals surface area contributed by atoms with Gasteiger partial charge in [-0.1, -0.05) is 21.3 Å². The Labute approximate surface area is 122 Å². The van der Waals surface area contributed by atoms with Gasteiger partial charge in [-0.05, 0) is 6.92 Å². The first-order valence-corrected chi connectivity index (χ1v) is 6.73. The van der Waals surface area contributed by atoms with Gasteiger partial charge in [0.1, 0.15) is 0 Å². The van der Waals surface area contributed by atoms with Gasteiger partial charge in [0.05, 0.1) is 17.6 Å². The van der Waals surface area contributed by atoms with Crippen LogP contribution in [0.3, 0.4) is 0 Å². The molecule has 0 radical (unpaired) electrons. The van der Waals surface area contributed by atoms with Gasteiger partial charge in [0, 0.05) is 33.2 Å². The number of amides is 1. The van der Waals surface area contributed by atoms with Crippen molar-refractivity contribution in [2.24, 2.45) is 0 Å². The summed E-state index contributed by atoms with van der Waals surface area (Å²) in [5, 5.41) is 5.82. The first kappa shape index (κ1) is 18.3. The van der Waals surface area contributed by atoms with Crippen molar-refractivity contribution < 1.29 is 4.79 Å². The molecule has 1 aliphatic rings. The second-order valence-electron chi connectivity index (χ2n) is 3.98. The molecule has 6 nitrogen and oxygen atoms in total. The molecular formula is C14H27N5O. The Bertz CT molecular complexity index is 416. The van der Waals surface area contributed by atoms with Crippen molar-refractivity contribution in [3.05, 3.63) is 17.7 Å². The Hall–Kier alpha value is -1.69. The SMILES string of the molecule is C.CC.CNC(=O)c1ncc(N2CCNCC2)c(C)n1. The van der Waals surface area contributed by atoms with E-state index in [1.807, 2.05) is 20.8 Å². The predicted molar refractivity (Wildman–Crippen MR) is 83.3 cm³/mol. The molecule has 1 amide bonds. The summed E-state index contributed by atoms with van der Waals surface area (Å²) in [5.41, 5.74) is 1.86. The fourth-order valence-electron chi connectivity index (χ4n) is 1.90. The van der Waals surface area contributed by atoms with Crippen LogP contribution in [0.2, 0.25) is 0 Å². The van der Waals surface area contributed by atoms with E-state index >= 15 is 0 Å². The monoisotopic (exact) mass is 281 g/mol. The minimum absolute atomic E-state index is 0. The second kappa shape index (κ2) is 9.25. The van der Waals surface area contributed by atoms with Crippen LogP contribution in [-0.2, 0) is 0 Å². The highest BCUT2D eigenvalue weighted by Crippen LogP contribution is 2.17. The van der Waals surface area contributed by atoms with Crippen LogP contribution in [0.25, 0.3) is 0 Å². The van der Waals surface area contributed by atoms with Gasteiger partial charge in [-0.3, -0.25) is 4.79 Å². The van der Waals surface area contributed by atoms with E-state index in [1.54, 1.807) is 13.2 Å². The highest BCUT2D eigenvalue weighted by atomic mass is 16.2. The van der Waals surface area contributed by atoms with E-state index in [0.717, 1.165) is 37.6 Å². The molecule has 0 unspecified atom stereocenters. The second-order valence-corrected chi connectivity index (χ2v) is 3.98. The molecule has 0 atom stereocenters. The lowest BCUT2D eigenvalue weighted by Gasteiger charge is -2.29. The van der Waals surface area contributed by atoms with Crippen molar-refractivity contribution >= 4 is 11.6 Å². The number of carbonyl (C=O) groups excluding carboxylic acids is 1. The van der Waals surface area contributed by atoms with Gasteiger partial charge in [0.2, 0.25) is 5.82 Å². The van der Waals surface area contributed by atoms with Crippen molar-refractivity contribution in [3.63, 3.8) is 0 Å². The largest absolute Gasteiger partial charge is 0.366 e. The van der Waals surface area contributed by atoms with Crippen molar-refractivity contribution in [2.75, 3.05) is 38.1 Å². The van der Waals surface area contributed by atoms with Crippen LogP contribution in [0.5, 0.6) is 0 Å². The van der Waals surface area contributed by atoms with Gasteiger partial charge in [0.25, 0.3) is 5.91 Å². The Kier molecular flexibility index (Phi) is 8.47. The highest BCUT2D eigenvalue weighted by molar-refractivity contribution is 5.90. The first-order chi connectivity index (χ1) is 9.22. The van der Waals surface area contributed by atoms with Crippen molar-refractivity contribution in [2.45, 2.75) is 28.2 Å². The molecule has 2 heterocycles. The van der Waals surface area contributed by atoms with Gasteiger partial charge in [-0.2, -0.15) is 0 Å². The number of aryl methyl sites for hydroxylation is 1. The molecule has 0 saturated carbocycles. The first-order valence-electron chi connectivity index (χ1n) is 6.73. The van der Waals surface area contributed by atoms with Crippen molar-refractivity contribution in [1.82, 2.24) is 20.6 Å². The molecule has 6 heteroatoms. The number of carbonyl (C=O) groups is 1. The van der Waals surface area contributed by atoms with Gasteiger partial charge in [-0.15, -0.1) is 0 Å². The summed E-state index contributed by atoms with van der Waals surface area (Å²) in [4.78, 5) is 22.0. The molecule has 2 N–H and O–H groups in total. The Balaban J connectivity index is 0.00000115. The number of anilines is 1. The van der Waals surface area contributed by atoms with Crippen LogP contribution >= 0.6 is 0 Å². The van der Waals surface area contributed by atoms with E-state index in [9.17, 15) is 4.79 Å². The normalized spacial score (nSPS) is 13.7. The van der Waals surface area contributed by atoms with Crippen LogP contribution in [0.1, 0.15) is 37.6 Å². The molecule has 1 fully saturated rings. The van der Waals surface area contributed by atoms with Crippen LogP contribution in [-0.4, -0.2) is 49.1 Å². The molecule has 114 valence electrons. The zero-order valence-corrected chi connectivity index (χ0v) is 12.2. The average Bonchev–Trinajstić information content (AvgIpc) is 2.49. The number of aromatic nitrogens is 2. The maximum atomic E-state index is 11.4. The third-order valence-electron chi connectivity index (χ3n) is 2.84. The maximum absolute atomic E-state index is 11.4. The van der Waals surface area contributed by atoms with Crippen LogP contribution in [0, 0.1) is 6.92 Å². The van der Waals surface area contributed by atoms with Crippen LogP contribution in [0.4, 0.5) is 5.69 Å². The van der Waals surface area contributed by atoms with Gasteiger partial charge in [-0.25, -0.2) is 9.97 Å². The summed E-state index contributed by atoms with van der Waals surface area (Å²) < 4.78 is 0.